The fourth-order valence-electron chi connectivity index (χ4n) is 0.852. The zero-order chi connectivity index (χ0) is 8.70. The Morgan fingerprint density at radius 3 is 2.09 bits per heavy atom. The maximum atomic E-state index is 12.2. The Morgan fingerprint density at radius 1 is 1.18 bits per heavy atom. The van der Waals surface area contributed by atoms with Crippen molar-refractivity contribution in [2.24, 2.45) is 0 Å². The van der Waals surface area contributed by atoms with E-state index in [-0.39, 0.29) is 0 Å². The monoisotopic (exact) mass is 175 g/mol. The number of piperidine rings is 1. The van der Waals surface area contributed by atoms with Crippen molar-refractivity contribution in [2.75, 3.05) is 6.54 Å². The molecule has 1 aliphatic rings. The lowest BCUT2D eigenvalue weighted by Gasteiger charge is -2.33. The highest BCUT2D eigenvalue weighted by Crippen LogP contribution is 2.40. The lowest BCUT2D eigenvalue weighted by molar-refractivity contribution is -0.268. The van der Waals surface area contributed by atoms with E-state index in [0.717, 1.165) is 0 Å². The number of halogens is 5. The molecule has 0 aromatic carbocycles. The largest absolute Gasteiger partial charge is 0.368 e. The van der Waals surface area contributed by atoms with Gasteiger partial charge in [0.25, 0.3) is 0 Å². The molecular weight excluding hydrogens is 169 g/mol. The molecule has 6 heteroatoms. The van der Waals surface area contributed by atoms with Gasteiger partial charge in [0.1, 0.15) is 0 Å². The molecule has 1 N–H and O–H groups in total. The summed E-state index contributed by atoms with van der Waals surface area (Å²) in [6.07, 6.45) is -3.33. The lowest BCUT2D eigenvalue weighted by atomic mass is 10.1. The van der Waals surface area contributed by atoms with Crippen molar-refractivity contribution >= 4 is 0 Å². The number of alkyl halides is 5. The van der Waals surface area contributed by atoms with Crippen molar-refractivity contribution < 1.29 is 22.0 Å². The number of hydrogen-bond acceptors (Lipinski definition) is 1. The van der Waals surface area contributed by atoms with Crippen molar-refractivity contribution in [3.8, 4) is 0 Å². The number of hydrogen-bond donors (Lipinski definition) is 1. The lowest BCUT2D eigenvalue weighted by Crippen LogP contribution is -2.61. The van der Waals surface area contributed by atoms with Gasteiger partial charge in [0.2, 0.25) is 0 Å². The van der Waals surface area contributed by atoms with Gasteiger partial charge >= 0.3 is 12.0 Å². The van der Waals surface area contributed by atoms with Crippen molar-refractivity contribution in [3.05, 3.63) is 0 Å². The standard InChI is InChI=1S/C5H6F5N/c6-3-1-2-11-5(9,10)4(3,7)8/h3,11H,1-2H2. The van der Waals surface area contributed by atoms with E-state index in [4.69, 9.17) is 0 Å². The predicted molar refractivity (Wildman–Crippen MR) is 27.4 cm³/mol. The Morgan fingerprint density at radius 2 is 1.73 bits per heavy atom. The molecule has 11 heavy (non-hydrogen) atoms. The van der Waals surface area contributed by atoms with Gasteiger partial charge in [0.05, 0.1) is 0 Å². The van der Waals surface area contributed by atoms with Gasteiger partial charge in [-0.1, -0.05) is 0 Å². The van der Waals surface area contributed by atoms with Crippen LogP contribution in [0.1, 0.15) is 6.42 Å². The summed E-state index contributed by atoms with van der Waals surface area (Å²) < 4.78 is 60.8. The van der Waals surface area contributed by atoms with Crippen LogP contribution in [0.3, 0.4) is 0 Å². The van der Waals surface area contributed by atoms with Crippen LogP contribution in [-0.2, 0) is 0 Å². The van der Waals surface area contributed by atoms with E-state index in [2.05, 4.69) is 0 Å². The molecule has 0 spiro atoms. The third-order valence-corrected chi connectivity index (χ3v) is 1.56. The van der Waals surface area contributed by atoms with E-state index in [1.54, 1.807) is 0 Å². The summed E-state index contributed by atoms with van der Waals surface area (Å²) in [5.74, 6) is -4.58. The van der Waals surface area contributed by atoms with Gasteiger partial charge < -0.3 is 0 Å². The Balaban J connectivity index is 2.82. The van der Waals surface area contributed by atoms with E-state index >= 15 is 0 Å². The Labute approximate surface area is 59.6 Å². The van der Waals surface area contributed by atoms with Crippen molar-refractivity contribution in [1.82, 2.24) is 5.32 Å². The third-order valence-electron chi connectivity index (χ3n) is 1.56. The number of nitrogens with one attached hydrogen (secondary N) is 1. The molecule has 1 aliphatic heterocycles. The van der Waals surface area contributed by atoms with Gasteiger partial charge in [0, 0.05) is 6.54 Å². The molecule has 0 saturated carbocycles. The van der Waals surface area contributed by atoms with Crippen LogP contribution < -0.4 is 5.32 Å². The average Bonchev–Trinajstić information content (AvgIpc) is 1.84. The summed E-state index contributed by atoms with van der Waals surface area (Å²) in [6.45, 7) is -0.427. The molecule has 1 saturated heterocycles. The molecule has 1 atom stereocenters. The van der Waals surface area contributed by atoms with Crippen molar-refractivity contribution in [3.63, 3.8) is 0 Å². The quantitative estimate of drug-likeness (QED) is 0.435. The molecule has 1 rings (SSSR count). The highest BCUT2D eigenvalue weighted by Gasteiger charge is 2.63. The summed E-state index contributed by atoms with van der Waals surface area (Å²) in [7, 11) is 0. The first-order valence-electron chi connectivity index (χ1n) is 3.02. The third kappa shape index (κ3) is 1.19. The van der Waals surface area contributed by atoms with Crippen LogP contribution in [0.2, 0.25) is 0 Å². The smallest absolute Gasteiger partial charge is 0.253 e. The highest BCUT2D eigenvalue weighted by molar-refractivity contribution is 4.93. The fourth-order valence-corrected chi connectivity index (χ4v) is 0.852. The van der Waals surface area contributed by atoms with E-state index in [9.17, 15) is 22.0 Å². The van der Waals surface area contributed by atoms with E-state index in [0.29, 0.717) is 0 Å². The molecule has 0 amide bonds. The fraction of sp³-hybridized carbons (Fsp3) is 1.00. The average molecular weight is 175 g/mol. The number of rotatable bonds is 0. The highest BCUT2D eigenvalue weighted by atomic mass is 19.3. The van der Waals surface area contributed by atoms with Crippen LogP contribution in [0.5, 0.6) is 0 Å². The van der Waals surface area contributed by atoms with Crippen LogP contribution in [-0.4, -0.2) is 24.7 Å². The van der Waals surface area contributed by atoms with Gasteiger partial charge in [-0.25, -0.2) is 4.39 Å². The second-order valence-corrected chi connectivity index (χ2v) is 2.38. The SMILES string of the molecule is FC1CCNC(F)(F)C1(F)F. The summed E-state index contributed by atoms with van der Waals surface area (Å²) in [4.78, 5) is 0. The van der Waals surface area contributed by atoms with Crippen LogP contribution >= 0.6 is 0 Å². The first kappa shape index (κ1) is 8.70. The molecule has 0 radical (unpaired) electrons. The van der Waals surface area contributed by atoms with Gasteiger partial charge in [-0.05, 0) is 6.42 Å². The zero-order valence-electron chi connectivity index (χ0n) is 5.38. The summed E-state index contributed by atoms with van der Waals surface area (Å²) >= 11 is 0. The van der Waals surface area contributed by atoms with Crippen LogP contribution in [0.25, 0.3) is 0 Å². The van der Waals surface area contributed by atoms with Gasteiger partial charge in [-0.15, -0.1) is 0 Å². The maximum absolute atomic E-state index is 12.2. The molecule has 1 fully saturated rings. The van der Waals surface area contributed by atoms with E-state index in [1.807, 2.05) is 0 Å². The molecule has 0 aromatic rings. The zero-order valence-corrected chi connectivity index (χ0v) is 5.38. The summed E-state index contributed by atoms with van der Waals surface area (Å²) in [6, 6.07) is -4.41. The molecule has 1 heterocycles. The second kappa shape index (κ2) is 2.30. The molecule has 1 nitrogen and oxygen atoms in total. The molecule has 66 valence electrons. The molecule has 1 unspecified atom stereocenters. The minimum absolute atomic E-state index is 0.427. The van der Waals surface area contributed by atoms with Crippen LogP contribution in [0.4, 0.5) is 22.0 Å². The van der Waals surface area contributed by atoms with Crippen LogP contribution in [0.15, 0.2) is 0 Å². The topological polar surface area (TPSA) is 12.0 Å². The van der Waals surface area contributed by atoms with Gasteiger partial charge in [-0.2, -0.15) is 17.6 Å². The minimum Gasteiger partial charge on any atom is -0.253 e. The molecule has 0 bridgehead atoms. The molecular formula is C5H6F5N. The Kier molecular flexibility index (Phi) is 1.82. The van der Waals surface area contributed by atoms with Gasteiger partial charge in [-0.3, -0.25) is 5.32 Å². The van der Waals surface area contributed by atoms with E-state index < -0.39 is 31.1 Å². The Bertz CT molecular complexity index is 157. The maximum Gasteiger partial charge on any atom is 0.368 e. The first-order valence-corrected chi connectivity index (χ1v) is 3.02. The van der Waals surface area contributed by atoms with Crippen molar-refractivity contribution in [1.29, 1.82) is 0 Å². The van der Waals surface area contributed by atoms with Crippen LogP contribution in [0, 0.1) is 0 Å². The predicted octanol–water partition coefficient (Wildman–Crippen LogP) is 1.55. The molecule has 0 aliphatic carbocycles. The first-order chi connectivity index (χ1) is 4.88. The summed E-state index contributed by atoms with van der Waals surface area (Å²) in [5, 5.41) is 1.26. The van der Waals surface area contributed by atoms with E-state index in [1.165, 1.54) is 5.32 Å². The van der Waals surface area contributed by atoms with Crippen molar-refractivity contribution in [2.45, 2.75) is 24.6 Å². The molecule has 0 aromatic heterocycles. The van der Waals surface area contributed by atoms with Gasteiger partial charge in [0.15, 0.2) is 6.17 Å². The Hall–Kier alpha value is -0.390. The normalized spacial score (nSPS) is 35.2. The minimum atomic E-state index is -4.58. The summed E-state index contributed by atoms with van der Waals surface area (Å²) in [5.41, 5.74) is 0. The second-order valence-electron chi connectivity index (χ2n) is 2.38.